The van der Waals surface area contributed by atoms with E-state index in [2.05, 4.69) is 47.6 Å². The second-order valence-corrected chi connectivity index (χ2v) is 3.90. The Hall–Kier alpha value is -2.09. The minimum absolute atomic E-state index is 1.14. The molecule has 0 unspecified atom stereocenters. The molecular formula is C14H12N2. The van der Waals surface area contributed by atoms with Crippen molar-refractivity contribution >= 4 is 10.8 Å². The third kappa shape index (κ3) is 1.39. The normalized spacial score (nSPS) is 10.8. The van der Waals surface area contributed by atoms with Crippen molar-refractivity contribution in [2.75, 3.05) is 0 Å². The summed E-state index contributed by atoms with van der Waals surface area (Å²) >= 11 is 0. The Labute approximate surface area is 94.1 Å². The minimum Gasteiger partial charge on any atom is -0.268 e. The monoisotopic (exact) mass is 208 g/mol. The molecule has 1 aromatic heterocycles. The van der Waals surface area contributed by atoms with Gasteiger partial charge in [0.2, 0.25) is 0 Å². The lowest BCUT2D eigenvalue weighted by Gasteiger charge is -2.04. The zero-order valence-corrected chi connectivity index (χ0v) is 9.09. The molecule has 0 spiro atoms. The van der Waals surface area contributed by atoms with Crippen molar-refractivity contribution in [3.63, 3.8) is 0 Å². The summed E-state index contributed by atoms with van der Waals surface area (Å²) in [6.07, 6.45) is 1.82. The molecule has 0 amide bonds. The van der Waals surface area contributed by atoms with Gasteiger partial charge in [0.1, 0.15) is 0 Å². The molecule has 0 radical (unpaired) electrons. The molecule has 78 valence electrons. The molecule has 0 saturated heterocycles. The first-order valence-corrected chi connectivity index (χ1v) is 5.32. The summed E-state index contributed by atoms with van der Waals surface area (Å²) in [7, 11) is 1.96. The van der Waals surface area contributed by atoms with E-state index in [0.717, 1.165) is 5.69 Å². The van der Waals surface area contributed by atoms with Gasteiger partial charge >= 0.3 is 0 Å². The van der Waals surface area contributed by atoms with Crippen LogP contribution in [-0.2, 0) is 7.05 Å². The van der Waals surface area contributed by atoms with Gasteiger partial charge in [0.25, 0.3) is 0 Å². The Morgan fingerprint density at radius 3 is 2.50 bits per heavy atom. The summed E-state index contributed by atoms with van der Waals surface area (Å²) in [5.41, 5.74) is 2.35. The van der Waals surface area contributed by atoms with Crippen molar-refractivity contribution in [1.82, 2.24) is 9.78 Å². The van der Waals surface area contributed by atoms with Crippen LogP contribution in [0.25, 0.3) is 22.0 Å². The number of rotatable bonds is 1. The van der Waals surface area contributed by atoms with E-state index < -0.39 is 0 Å². The van der Waals surface area contributed by atoms with Gasteiger partial charge in [-0.1, -0.05) is 36.4 Å². The maximum atomic E-state index is 4.19. The standard InChI is InChI=1S/C14H12N2/c1-16-14(8-9-15-16)13-7-6-11-4-2-3-5-12(11)10-13/h2-10H,1H3. The number of nitrogens with zero attached hydrogens (tertiary/aromatic N) is 2. The summed E-state index contributed by atoms with van der Waals surface area (Å²) in [5, 5.41) is 6.73. The lowest BCUT2D eigenvalue weighted by Crippen LogP contribution is -1.92. The molecule has 0 fully saturated rings. The molecule has 0 bridgehead atoms. The summed E-state index contributed by atoms with van der Waals surface area (Å²) in [6, 6.07) is 16.9. The molecule has 0 N–H and O–H groups in total. The molecule has 0 atom stereocenters. The van der Waals surface area contributed by atoms with Gasteiger partial charge in [0.05, 0.1) is 5.69 Å². The van der Waals surface area contributed by atoms with E-state index in [0.29, 0.717) is 0 Å². The summed E-state index contributed by atoms with van der Waals surface area (Å²) in [6.45, 7) is 0. The molecule has 3 rings (SSSR count). The number of benzene rings is 2. The topological polar surface area (TPSA) is 17.8 Å². The van der Waals surface area contributed by atoms with Crippen LogP contribution in [0.5, 0.6) is 0 Å². The molecule has 0 aliphatic heterocycles. The Bertz CT molecular complexity index is 638. The third-order valence-electron chi connectivity index (χ3n) is 2.87. The van der Waals surface area contributed by atoms with Crippen LogP contribution in [0.1, 0.15) is 0 Å². The third-order valence-corrected chi connectivity index (χ3v) is 2.87. The molecule has 3 aromatic rings. The van der Waals surface area contributed by atoms with E-state index >= 15 is 0 Å². The minimum atomic E-state index is 1.14. The summed E-state index contributed by atoms with van der Waals surface area (Å²) in [5.74, 6) is 0. The van der Waals surface area contributed by atoms with Crippen LogP contribution in [0.2, 0.25) is 0 Å². The molecule has 0 saturated carbocycles. The van der Waals surface area contributed by atoms with Gasteiger partial charge in [-0.25, -0.2) is 0 Å². The maximum Gasteiger partial charge on any atom is 0.0679 e. The highest BCUT2D eigenvalue weighted by atomic mass is 15.2. The van der Waals surface area contributed by atoms with E-state index in [9.17, 15) is 0 Å². The van der Waals surface area contributed by atoms with Crippen LogP contribution < -0.4 is 0 Å². The van der Waals surface area contributed by atoms with Crippen molar-refractivity contribution in [3.8, 4) is 11.3 Å². The Morgan fingerprint density at radius 1 is 0.938 bits per heavy atom. The Balaban J connectivity index is 2.23. The van der Waals surface area contributed by atoms with E-state index in [1.165, 1.54) is 16.3 Å². The number of fused-ring (bicyclic) bond motifs is 1. The van der Waals surface area contributed by atoms with Crippen LogP contribution in [0.4, 0.5) is 0 Å². The first-order chi connectivity index (χ1) is 7.84. The predicted octanol–water partition coefficient (Wildman–Crippen LogP) is 3.24. The fourth-order valence-corrected chi connectivity index (χ4v) is 2.01. The van der Waals surface area contributed by atoms with Gasteiger partial charge in [-0.05, 0) is 22.9 Å². The molecular weight excluding hydrogens is 196 g/mol. The fourth-order valence-electron chi connectivity index (χ4n) is 2.01. The van der Waals surface area contributed by atoms with E-state index in [-0.39, 0.29) is 0 Å². The molecule has 1 heterocycles. The SMILES string of the molecule is Cn1nccc1-c1ccc2ccccc2c1. The average molecular weight is 208 g/mol. The summed E-state index contributed by atoms with van der Waals surface area (Å²) in [4.78, 5) is 0. The quantitative estimate of drug-likeness (QED) is 0.600. The second kappa shape index (κ2) is 3.49. The van der Waals surface area contributed by atoms with E-state index in [4.69, 9.17) is 0 Å². The van der Waals surface area contributed by atoms with E-state index in [1.54, 1.807) is 0 Å². The number of aryl methyl sites for hydroxylation is 1. The zero-order valence-electron chi connectivity index (χ0n) is 9.09. The van der Waals surface area contributed by atoms with Crippen LogP contribution in [-0.4, -0.2) is 9.78 Å². The number of hydrogen-bond donors (Lipinski definition) is 0. The van der Waals surface area contributed by atoms with Crippen LogP contribution >= 0.6 is 0 Å². The lowest BCUT2D eigenvalue weighted by atomic mass is 10.1. The summed E-state index contributed by atoms with van der Waals surface area (Å²) < 4.78 is 1.89. The van der Waals surface area contributed by atoms with Gasteiger partial charge in [0, 0.05) is 18.8 Å². The Morgan fingerprint density at radius 2 is 1.75 bits per heavy atom. The molecule has 0 aliphatic rings. The number of aromatic nitrogens is 2. The first kappa shape index (κ1) is 9.16. The first-order valence-electron chi connectivity index (χ1n) is 5.32. The van der Waals surface area contributed by atoms with E-state index in [1.807, 2.05) is 24.0 Å². The van der Waals surface area contributed by atoms with Crippen LogP contribution in [0.15, 0.2) is 54.7 Å². The van der Waals surface area contributed by atoms with Crippen molar-refractivity contribution in [2.24, 2.45) is 7.05 Å². The fraction of sp³-hybridized carbons (Fsp3) is 0.0714. The van der Waals surface area contributed by atoms with Crippen molar-refractivity contribution in [1.29, 1.82) is 0 Å². The molecule has 2 heteroatoms. The molecule has 0 aliphatic carbocycles. The largest absolute Gasteiger partial charge is 0.268 e. The van der Waals surface area contributed by atoms with Crippen molar-refractivity contribution in [2.45, 2.75) is 0 Å². The van der Waals surface area contributed by atoms with Crippen molar-refractivity contribution in [3.05, 3.63) is 54.7 Å². The van der Waals surface area contributed by atoms with Crippen molar-refractivity contribution < 1.29 is 0 Å². The van der Waals surface area contributed by atoms with Gasteiger partial charge in [-0.3, -0.25) is 4.68 Å². The highest BCUT2D eigenvalue weighted by molar-refractivity contribution is 5.86. The van der Waals surface area contributed by atoms with Gasteiger partial charge in [-0.2, -0.15) is 5.10 Å². The Kier molecular flexibility index (Phi) is 2.00. The highest BCUT2D eigenvalue weighted by Crippen LogP contribution is 2.23. The van der Waals surface area contributed by atoms with Crippen LogP contribution in [0.3, 0.4) is 0 Å². The molecule has 16 heavy (non-hydrogen) atoms. The molecule has 2 aromatic carbocycles. The zero-order chi connectivity index (χ0) is 11.0. The number of hydrogen-bond acceptors (Lipinski definition) is 1. The highest BCUT2D eigenvalue weighted by Gasteiger charge is 2.02. The van der Waals surface area contributed by atoms with Gasteiger partial charge in [0.15, 0.2) is 0 Å². The lowest BCUT2D eigenvalue weighted by molar-refractivity contribution is 0.776. The average Bonchev–Trinajstić information content (AvgIpc) is 2.75. The second-order valence-electron chi connectivity index (χ2n) is 3.90. The predicted molar refractivity (Wildman–Crippen MR) is 66.2 cm³/mol. The molecule has 2 nitrogen and oxygen atoms in total. The smallest absolute Gasteiger partial charge is 0.0679 e. The van der Waals surface area contributed by atoms with Gasteiger partial charge < -0.3 is 0 Å². The maximum absolute atomic E-state index is 4.19. The van der Waals surface area contributed by atoms with Crippen LogP contribution in [0, 0.1) is 0 Å². The van der Waals surface area contributed by atoms with Gasteiger partial charge in [-0.15, -0.1) is 0 Å².